The van der Waals surface area contributed by atoms with Crippen LogP contribution in [-0.2, 0) is 12.5 Å². The first-order valence-corrected chi connectivity index (χ1v) is 6.91. The summed E-state index contributed by atoms with van der Waals surface area (Å²) in [6, 6.07) is 8.56. The third kappa shape index (κ3) is 2.55. The largest absolute Gasteiger partial charge is 0.350 e. The molecular formula is C15H21ClN2. The first-order chi connectivity index (χ1) is 8.56. The van der Waals surface area contributed by atoms with E-state index >= 15 is 0 Å². The Morgan fingerprint density at radius 3 is 2.72 bits per heavy atom. The maximum Gasteiger partial charge on any atom is 0.0480 e. The number of nitrogens with zero attached hydrogens (tertiary/aromatic N) is 1. The summed E-state index contributed by atoms with van der Waals surface area (Å²) in [6.07, 6.45) is 2.24. The van der Waals surface area contributed by atoms with Gasteiger partial charge in [0.15, 0.2) is 0 Å². The number of nitrogens with one attached hydrogen (secondary N) is 1. The van der Waals surface area contributed by atoms with Crippen LogP contribution in [0.4, 0.5) is 0 Å². The van der Waals surface area contributed by atoms with E-state index in [9.17, 15) is 0 Å². The second-order valence-corrected chi connectivity index (χ2v) is 5.80. The lowest BCUT2D eigenvalue weighted by Gasteiger charge is -2.25. The average Bonchev–Trinajstić information content (AvgIpc) is 2.69. The van der Waals surface area contributed by atoms with E-state index in [1.165, 1.54) is 16.5 Å². The molecule has 0 aliphatic heterocycles. The molecule has 0 amide bonds. The van der Waals surface area contributed by atoms with Crippen LogP contribution in [0.3, 0.4) is 0 Å². The van der Waals surface area contributed by atoms with E-state index in [-0.39, 0.29) is 5.41 Å². The average molecular weight is 265 g/mol. The first kappa shape index (κ1) is 13.4. The molecule has 1 aromatic heterocycles. The molecule has 0 unspecified atom stereocenters. The van der Waals surface area contributed by atoms with Gasteiger partial charge in [-0.2, -0.15) is 0 Å². The molecule has 0 aliphatic rings. The minimum Gasteiger partial charge on any atom is -0.350 e. The van der Waals surface area contributed by atoms with E-state index in [0.717, 1.165) is 13.1 Å². The van der Waals surface area contributed by atoms with Crippen molar-refractivity contribution in [2.45, 2.75) is 19.3 Å². The van der Waals surface area contributed by atoms with Gasteiger partial charge >= 0.3 is 0 Å². The number of halogens is 1. The van der Waals surface area contributed by atoms with Crippen LogP contribution in [0.1, 0.15) is 19.4 Å². The number of hydrogen-bond donors (Lipinski definition) is 1. The summed E-state index contributed by atoms with van der Waals surface area (Å²) in [6.45, 7) is 6.34. The van der Waals surface area contributed by atoms with Crippen molar-refractivity contribution >= 4 is 22.5 Å². The van der Waals surface area contributed by atoms with Crippen LogP contribution in [0.25, 0.3) is 10.9 Å². The highest BCUT2D eigenvalue weighted by atomic mass is 35.5. The standard InChI is InChI=1S/C15H21ClN2/c1-15(2,11-17-9-8-16)13-10-18(3)14-7-5-4-6-12(13)14/h4-7,10,17H,8-9,11H2,1-3H3. The van der Waals surface area contributed by atoms with Gasteiger partial charge in [-0.15, -0.1) is 11.6 Å². The second-order valence-electron chi connectivity index (χ2n) is 5.42. The predicted molar refractivity (Wildman–Crippen MR) is 79.5 cm³/mol. The summed E-state index contributed by atoms with van der Waals surface area (Å²) in [4.78, 5) is 0. The highest BCUT2D eigenvalue weighted by Gasteiger charge is 2.24. The van der Waals surface area contributed by atoms with Crippen LogP contribution in [0.5, 0.6) is 0 Å². The first-order valence-electron chi connectivity index (χ1n) is 6.37. The van der Waals surface area contributed by atoms with Gasteiger partial charge in [-0.05, 0) is 11.6 Å². The lowest BCUT2D eigenvalue weighted by atomic mass is 9.84. The monoisotopic (exact) mass is 264 g/mol. The van der Waals surface area contributed by atoms with E-state index in [2.05, 4.69) is 61.2 Å². The van der Waals surface area contributed by atoms with Gasteiger partial charge in [0.25, 0.3) is 0 Å². The van der Waals surface area contributed by atoms with Gasteiger partial charge in [0.2, 0.25) is 0 Å². The van der Waals surface area contributed by atoms with Gasteiger partial charge in [-0.1, -0.05) is 32.0 Å². The third-order valence-electron chi connectivity index (χ3n) is 3.46. The Morgan fingerprint density at radius 1 is 1.28 bits per heavy atom. The summed E-state index contributed by atoms with van der Waals surface area (Å²) < 4.78 is 2.20. The summed E-state index contributed by atoms with van der Waals surface area (Å²) in [5.74, 6) is 0.658. The molecule has 1 aromatic carbocycles. The van der Waals surface area contributed by atoms with Crippen LogP contribution >= 0.6 is 11.6 Å². The lowest BCUT2D eigenvalue weighted by molar-refractivity contribution is 0.481. The Balaban J connectivity index is 2.35. The fraction of sp³-hybridized carbons (Fsp3) is 0.467. The van der Waals surface area contributed by atoms with E-state index in [1.54, 1.807) is 0 Å². The highest BCUT2D eigenvalue weighted by molar-refractivity contribution is 6.18. The highest BCUT2D eigenvalue weighted by Crippen LogP contribution is 2.31. The normalized spacial score (nSPS) is 12.2. The van der Waals surface area contributed by atoms with E-state index < -0.39 is 0 Å². The molecule has 1 heterocycles. The molecule has 0 radical (unpaired) electrons. The molecule has 2 nitrogen and oxygen atoms in total. The second kappa shape index (κ2) is 5.33. The zero-order chi connectivity index (χ0) is 13.2. The Bertz CT molecular complexity index is 528. The molecule has 2 aromatic rings. The fourth-order valence-electron chi connectivity index (χ4n) is 2.44. The quantitative estimate of drug-likeness (QED) is 0.648. The van der Waals surface area contributed by atoms with Crippen molar-refractivity contribution in [3.8, 4) is 0 Å². The fourth-order valence-corrected chi connectivity index (χ4v) is 2.58. The van der Waals surface area contributed by atoms with Gasteiger partial charge < -0.3 is 9.88 Å². The number of hydrogen-bond acceptors (Lipinski definition) is 1. The predicted octanol–water partition coefficient (Wildman–Crippen LogP) is 3.28. The molecule has 0 bridgehead atoms. The zero-order valence-corrected chi connectivity index (χ0v) is 12.1. The zero-order valence-electron chi connectivity index (χ0n) is 11.3. The number of alkyl halides is 1. The Morgan fingerprint density at radius 2 is 2.00 bits per heavy atom. The number of benzene rings is 1. The third-order valence-corrected chi connectivity index (χ3v) is 3.65. The molecule has 1 N–H and O–H groups in total. The van der Waals surface area contributed by atoms with E-state index in [0.29, 0.717) is 5.88 Å². The van der Waals surface area contributed by atoms with Crippen molar-refractivity contribution in [1.82, 2.24) is 9.88 Å². The summed E-state index contributed by atoms with van der Waals surface area (Å²) in [5, 5.41) is 4.75. The number of rotatable bonds is 5. The molecule has 3 heteroatoms. The number of aromatic nitrogens is 1. The van der Waals surface area contributed by atoms with Crippen molar-refractivity contribution in [3.63, 3.8) is 0 Å². The Labute approximate surface area is 114 Å². The topological polar surface area (TPSA) is 17.0 Å². The van der Waals surface area contributed by atoms with Gasteiger partial charge in [0.05, 0.1) is 0 Å². The van der Waals surface area contributed by atoms with Gasteiger partial charge in [0.1, 0.15) is 0 Å². The van der Waals surface area contributed by atoms with Crippen molar-refractivity contribution in [3.05, 3.63) is 36.0 Å². The number of para-hydroxylation sites is 1. The maximum absolute atomic E-state index is 5.71. The van der Waals surface area contributed by atoms with E-state index in [4.69, 9.17) is 11.6 Å². The van der Waals surface area contributed by atoms with E-state index in [1.807, 2.05) is 0 Å². The number of fused-ring (bicyclic) bond motifs is 1. The molecular weight excluding hydrogens is 244 g/mol. The maximum atomic E-state index is 5.71. The van der Waals surface area contributed by atoms with Crippen LogP contribution in [0, 0.1) is 0 Å². The molecule has 2 rings (SSSR count). The summed E-state index contributed by atoms with van der Waals surface area (Å²) in [5.41, 5.74) is 2.79. The summed E-state index contributed by atoms with van der Waals surface area (Å²) in [7, 11) is 2.11. The molecule has 0 saturated heterocycles. The van der Waals surface area contributed by atoms with Crippen LogP contribution in [0.2, 0.25) is 0 Å². The molecule has 0 fully saturated rings. The SMILES string of the molecule is Cn1cc(C(C)(C)CNCCCl)c2ccccc21. The van der Waals surface area contributed by atoms with Gasteiger partial charge in [0, 0.05) is 48.5 Å². The summed E-state index contributed by atoms with van der Waals surface area (Å²) >= 11 is 5.71. The van der Waals surface area contributed by atoms with Crippen molar-refractivity contribution in [2.24, 2.45) is 7.05 Å². The molecule has 0 atom stereocenters. The number of aryl methyl sites for hydroxylation is 1. The van der Waals surface area contributed by atoms with Crippen molar-refractivity contribution < 1.29 is 0 Å². The molecule has 0 spiro atoms. The molecule has 98 valence electrons. The Hall–Kier alpha value is -0.990. The van der Waals surface area contributed by atoms with Crippen LogP contribution < -0.4 is 5.32 Å². The van der Waals surface area contributed by atoms with Crippen molar-refractivity contribution in [2.75, 3.05) is 19.0 Å². The lowest BCUT2D eigenvalue weighted by Crippen LogP contribution is -2.33. The molecule has 18 heavy (non-hydrogen) atoms. The molecule has 0 saturated carbocycles. The minimum absolute atomic E-state index is 0.104. The van der Waals surface area contributed by atoms with Crippen molar-refractivity contribution in [1.29, 1.82) is 0 Å². The Kier molecular flexibility index (Phi) is 3.98. The minimum atomic E-state index is 0.104. The smallest absolute Gasteiger partial charge is 0.0480 e. The molecule has 0 aliphatic carbocycles. The van der Waals surface area contributed by atoms with Crippen LogP contribution in [-0.4, -0.2) is 23.5 Å². The van der Waals surface area contributed by atoms with Gasteiger partial charge in [-0.25, -0.2) is 0 Å². The van der Waals surface area contributed by atoms with Gasteiger partial charge in [-0.3, -0.25) is 0 Å². The van der Waals surface area contributed by atoms with Crippen LogP contribution in [0.15, 0.2) is 30.5 Å².